The summed E-state index contributed by atoms with van der Waals surface area (Å²) < 4.78 is 2.62. The van der Waals surface area contributed by atoms with Crippen molar-refractivity contribution in [2.24, 2.45) is 0 Å². The third kappa shape index (κ3) is 4.99. The van der Waals surface area contributed by atoms with Gasteiger partial charge in [-0.3, -0.25) is 0 Å². The molecule has 54 heavy (non-hydrogen) atoms. The fourth-order valence-corrected chi connectivity index (χ4v) is 9.55. The lowest BCUT2D eigenvalue weighted by molar-refractivity contribution is 1.29. The van der Waals surface area contributed by atoms with Crippen LogP contribution < -0.4 is 4.90 Å². The molecule has 1 nitrogen and oxygen atoms in total. The summed E-state index contributed by atoms with van der Waals surface area (Å²) in [6, 6.07) is 73.5. The van der Waals surface area contributed by atoms with E-state index in [9.17, 15) is 0 Å². The summed E-state index contributed by atoms with van der Waals surface area (Å²) in [5.74, 6) is 0. The zero-order chi connectivity index (χ0) is 35.6. The van der Waals surface area contributed by atoms with Crippen LogP contribution in [0.4, 0.5) is 17.1 Å². The van der Waals surface area contributed by atoms with Crippen LogP contribution in [-0.4, -0.2) is 0 Å². The largest absolute Gasteiger partial charge is 0.310 e. The van der Waals surface area contributed by atoms with Gasteiger partial charge in [-0.15, -0.1) is 11.3 Å². The second-order valence-corrected chi connectivity index (χ2v) is 15.2. The van der Waals surface area contributed by atoms with E-state index in [0.717, 1.165) is 17.1 Å². The molecule has 10 aromatic carbocycles. The van der Waals surface area contributed by atoms with Gasteiger partial charge in [0.05, 0.1) is 0 Å². The predicted octanol–water partition coefficient (Wildman–Crippen LogP) is 15.5. The summed E-state index contributed by atoms with van der Waals surface area (Å²) in [7, 11) is 0. The number of nitrogens with zero attached hydrogens (tertiary/aromatic N) is 1. The minimum Gasteiger partial charge on any atom is -0.310 e. The highest BCUT2D eigenvalue weighted by Gasteiger charge is 2.17. The number of thiophene rings is 1. The number of rotatable bonds is 5. The smallest absolute Gasteiger partial charge is 0.0468 e. The fraction of sp³-hybridized carbons (Fsp3) is 0. The highest BCUT2D eigenvalue weighted by molar-refractivity contribution is 7.25. The van der Waals surface area contributed by atoms with Crippen LogP contribution in [0.3, 0.4) is 0 Å². The zero-order valence-corrected chi connectivity index (χ0v) is 30.2. The third-order valence-electron chi connectivity index (χ3n) is 11.1. The normalized spacial score (nSPS) is 11.7. The quantitative estimate of drug-likeness (QED) is 0.161. The molecule has 0 aliphatic carbocycles. The molecule has 0 saturated carbocycles. The average Bonchev–Trinajstić information content (AvgIpc) is 3.62. The van der Waals surface area contributed by atoms with Crippen LogP contribution in [0.25, 0.3) is 85.5 Å². The summed E-state index contributed by atoms with van der Waals surface area (Å²) in [5.41, 5.74) is 8.28. The van der Waals surface area contributed by atoms with Gasteiger partial charge in [0, 0.05) is 37.2 Å². The van der Waals surface area contributed by atoms with Gasteiger partial charge in [0.2, 0.25) is 0 Å². The molecule has 0 saturated heterocycles. The molecule has 252 valence electrons. The number of fused-ring (bicyclic) bond motifs is 9. The molecule has 0 aliphatic heterocycles. The van der Waals surface area contributed by atoms with Gasteiger partial charge in [0.25, 0.3) is 0 Å². The van der Waals surface area contributed by atoms with Crippen LogP contribution in [0.2, 0.25) is 0 Å². The standard InChI is InChI=1S/C52H33NS/c1-3-12-41-34(9-1)11-7-15-42(41)36-19-24-38(25-20-36)53(40-28-32-52-50(33-40)49-14-5-6-18-51(49)54-52)39-26-21-37(22-27-39)44-16-8-17-45-46(44)30-31-47-43-13-4-2-10-35(43)23-29-48(45)47/h1-33H. The van der Waals surface area contributed by atoms with E-state index < -0.39 is 0 Å². The van der Waals surface area contributed by atoms with Crippen LogP contribution in [0.5, 0.6) is 0 Å². The van der Waals surface area contributed by atoms with Crippen LogP contribution in [-0.2, 0) is 0 Å². The molecule has 0 radical (unpaired) electrons. The Labute approximate surface area is 317 Å². The molecule has 0 amide bonds. The maximum atomic E-state index is 2.39. The molecule has 11 aromatic rings. The Kier molecular flexibility index (Phi) is 7.11. The number of hydrogen-bond donors (Lipinski definition) is 0. The molecular weight excluding hydrogens is 671 g/mol. The highest BCUT2D eigenvalue weighted by atomic mass is 32.1. The van der Waals surface area contributed by atoms with Crippen molar-refractivity contribution in [1.29, 1.82) is 0 Å². The molecule has 11 rings (SSSR count). The Hall–Kier alpha value is -6.74. The Bertz CT molecular complexity index is 3200. The number of anilines is 3. The average molecular weight is 704 g/mol. The van der Waals surface area contributed by atoms with Gasteiger partial charge < -0.3 is 4.90 Å². The zero-order valence-electron chi connectivity index (χ0n) is 29.4. The van der Waals surface area contributed by atoms with Gasteiger partial charge in [-0.05, 0) is 114 Å². The first-order valence-electron chi connectivity index (χ1n) is 18.5. The fourth-order valence-electron chi connectivity index (χ4n) is 8.47. The van der Waals surface area contributed by atoms with Gasteiger partial charge in [0.15, 0.2) is 0 Å². The minimum atomic E-state index is 1.12. The Morgan fingerprint density at radius 2 is 0.759 bits per heavy atom. The van der Waals surface area contributed by atoms with Gasteiger partial charge in [-0.2, -0.15) is 0 Å². The van der Waals surface area contributed by atoms with Gasteiger partial charge >= 0.3 is 0 Å². The summed E-state index contributed by atoms with van der Waals surface area (Å²) in [6.07, 6.45) is 0. The van der Waals surface area contributed by atoms with E-state index in [1.165, 1.54) is 85.5 Å². The van der Waals surface area contributed by atoms with Crippen molar-refractivity contribution >= 4 is 91.7 Å². The maximum absolute atomic E-state index is 2.39. The van der Waals surface area contributed by atoms with Gasteiger partial charge in [0.1, 0.15) is 0 Å². The summed E-state index contributed by atoms with van der Waals surface area (Å²) in [6.45, 7) is 0. The van der Waals surface area contributed by atoms with Crippen LogP contribution in [0.1, 0.15) is 0 Å². The van der Waals surface area contributed by atoms with E-state index in [0.29, 0.717) is 0 Å². The van der Waals surface area contributed by atoms with E-state index in [4.69, 9.17) is 0 Å². The summed E-state index contributed by atoms with van der Waals surface area (Å²) in [4.78, 5) is 2.39. The molecule has 2 heteroatoms. The highest BCUT2D eigenvalue weighted by Crippen LogP contribution is 2.43. The predicted molar refractivity (Wildman–Crippen MR) is 235 cm³/mol. The van der Waals surface area contributed by atoms with E-state index >= 15 is 0 Å². The molecule has 0 N–H and O–H groups in total. The molecule has 0 atom stereocenters. The molecule has 1 aromatic heterocycles. The van der Waals surface area contributed by atoms with Gasteiger partial charge in [-0.25, -0.2) is 0 Å². The lowest BCUT2D eigenvalue weighted by atomic mass is 9.92. The summed E-state index contributed by atoms with van der Waals surface area (Å²) in [5, 5.41) is 12.8. The lowest BCUT2D eigenvalue weighted by Gasteiger charge is -2.26. The van der Waals surface area contributed by atoms with Crippen molar-refractivity contribution < 1.29 is 0 Å². The van der Waals surface area contributed by atoms with Crippen LogP contribution >= 0.6 is 11.3 Å². The lowest BCUT2D eigenvalue weighted by Crippen LogP contribution is -2.09. The van der Waals surface area contributed by atoms with E-state index in [1.54, 1.807) is 0 Å². The van der Waals surface area contributed by atoms with Crippen molar-refractivity contribution in [1.82, 2.24) is 0 Å². The molecule has 0 fully saturated rings. The minimum absolute atomic E-state index is 1.12. The van der Waals surface area contributed by atoms with Crippen LogP contribution in [0, 0.1) is 0 Å². The maximum Gasteiger partial charge on any atom is 0.0468 e. The Morgan fingerprint density at radius 3 is 1.52 bits per heavy atom. The molecule has 0 spiro atoms. The van der Waals surface area contributed by atoms with Crippen molar-refractivity contribution in [3.63, 3.8) is 0 Å². The van der Waals surface area contributed by atoms with Gasteiger partial charge in [-0.1, -0.05) is 152 Å². The SMILES string of the molecule is c1ccc2c(-c3ccc(N(c4ccc(-c5cccc6c5ccc5c7ccccc7ccc65)cc4)c4ccc5sc6ccccc6c5c4)cc3)cccc2c1. The molecule has 1 heterocycles. The topological polar surface area (TPSA) is 3.24 Å². The first-order chi connectivity index (χ1) is 26.8. The molecule has 0 aliphatic rings. The second kappa shape index (κ2) is 12.4. The number of benzene rings is 10. The first-order valence-corrected chi connectivity index (χ1v) is 19.3. The van der Waals surface area contributed by atoms with E-state index in [2.05, 4.69) is 205 Å². The van der Waals surface area contributed by atoms with E-state index in [-0.39, 0.29) is 0 Å². The first kappa shape index (κ1) is 30.8. The second-order valence-electron chi connectivity index (χ2n) is 14.1. The Morgan fingerprint density at radius 1 is 0.278 bits per heavy atom. The monoisotopic (exact) mass is 703 g/mol. The molecule has 0 unspecified atom stereocenters. The van der Waals surface area contributed by atoms with E-state index in [1.807, 2.05) is 11.3 Å². The van der Waals surface area contributed by atoms with Crippen LogP contribution in [0.15, 0.2) is 200 Å². The van der Waals surface area contributed by atoms with Crippen molar-refractivity contribution in [2.75, 3.05) is 4.90 Å². The third-order valence-corrected chi connectivity index (χ3v) is 12.2. The molecule has 0 bridgehead atoms. The van der Waals surface area contributed by atoms with Crippen molar-refractivity contribution in [2.45, 2.75) is 0 Å². The summed E-state index contributed by atoms with van der Waals surface area (Å²) >= 11 is 1.86. The van der Waals surface area contributed by atoms with Crippen molar-refractivity contribution in [3.05, 3.63) is 200 Å². The Balaban J connectivity index is 1.03. The molecular formula is C52H33NS. The number of hydrogen-bond acceptors (Lipinski definition) is 2. The van der Waals surface area contributed by atoms with Crippen molar-refractivity contribution in [3.8, 4) is 22.3 Å².